The fraction of sp³-hybridized carbons (Fsp3) is 0.267. The van der Waals surface area contributed by atoms with E-state index in [1.54, 1.807) is 24.4 Å². The zero-order chi connectivity index (χ0) is 15.4. The number of nitrogens with zero attached hydrogens (tertiary/aromatic N) is 1. The van der Waals surface area contributed by atoms with Crippen LogP contribution in [0.5, 0.6) is 0 Å². The van der Waals surface area contributed by atoms with Crippen molar-refractivity contribution in [2.24, 2.45) is 5.92 Å². The third-order valence-corrected chi connectivity index (χ3v) is 3.29. The monoisotopic (exact) mass is 286 g/mol. The molecule has 1 aromatic carbocycles. The summed E-state index contributed by atoms with van der Waals surface area (Å²) in [5.74, 6) is -2.31. The van der Waals surface area contributed by atoms with Gasteiger partial charge in [0.15, 0.2) is 5.92 Å². The standard InChI is InChI=1S/C15H14N2O4/c1-20-14(18)12(15(19)21-2)6-10-8-17-13-4-3-9(7-16)5-11(10)13/h3-5,8,12,17H,6H2,1-2H3. The van der Waals surface area contributed by atoms with Crippen LogP contribution in [0, 0.1) is 17.2 Å². The summed E-state index contributed by atoms with van der Waals surface area (Å²) >= 11 is 0. The maximum atomic E-state index is 11.7. The molecule has 0 aliphatic heterocycles. The van der Waals surface area contributed by atoms with Crippen LogP contribution in [0.1, 0.15) is 11.1 Å². The number of esters is 2. The van der Waals surface area contributed by atoms with E-state index in [4.69, 9.17) is 5.26 Å². The average Bonchev–Trinajstić information content (AvgIpc) is 2.93. The van der Waals surface area contributed by atoms with Crippen molar-refractivity contribution in [3.63, 3.8) is 0 Å². The van der Waals surface area contributed by atoms with Crippen molar-refractivity contribution in [3.8, 4) is 6.07 Å². The van der Waals surface area contributed by atoms with Gasteiger partial charge in [0.25, 0.3) is 0 Å². The highest BCUT2D eigenvalue weighted by molar-refractivity contribution is 5.96. The van der Waals surface area contributed by atoms with Crippen LogP contribution in [0.25, 0.3) is 10.9 Å². The summed E-state index contributed by atoms with van der Waals surface area (Å²) in [5, 5.41) is 9.75. The number of carbonyl (C=O) groups excluding carboxylic acids is 2. The summed E-state index contributed by atoms with van der Waals surface area (Å²) < 4.78 is 9.28. The molecule has 1 N–H and O–H groups in total. The molecule has 0 saturated carbocycles. The molecule has 6 heteroatoms. The summed E-state index contributed by atoms with van der Waals surface area (Å²) in [6, 6.07) is 7.25. The van der Waals surface area contributed by atoms with Crippen LogP contribution < -0.4 is 0 Å². The molecule has 0 bridgehead atoms. The molecule has 1 heterocycles. The van der Waals surface area contributed by atoms with E-state index in [2.05, 4.69) is 20.5 Å². The first-order valence-electron chi connectivity index (χ1n) is 6.26. The molecule has 0 fully saturated rings. The molecule has 0 aliphatic carbocycles. The Bertz CT molecular complexity index is 711. The lowest BCUT2D eigenvalue weighted by Gasteiger charge is -2.11. The van der Waals surface area contributed by atoms with Crippen LogP contribution in [0.15, 0.2) is 24.4 Å². The molecule has 2 aromatic rings. The molecule has 0 saturated heterocycles. The first kappa shape index (κ1) is 14.6. The minimum absolute atomic E-state index is 0.147. The minimum Gasteiger partial charge on any atom is -0.468 e. The van der Waals surface area contributed by atoms with E-state index in [-0.39, 0.29) is 6.42 Å². The van der Waals surface area contributed by atoms with Crippen molar-refractivity contribution in [2.75, 3.05) is 14.2 Å². The number of methoxy groups -OCH3 is 2. The quantitative estimate of drug-likeness (QED) is 0.680. The number of nitrogens with one attached hydrogen (secondary N) is 1. The van der Waals surface area contributed by atoms with E-state index in [0.717, 1.165) is 16.5 Å². The predicted octanol–water partition coefficient (Wildman–Crippen LogP) is 1.54. The molecule has 0 unspecified atom stereocenters. The molecule has 0 amide bonds. The highest BCUT2D eigenvalue weighted by Gasteiger charge is 2.29. The van der Waals surface area contributed by atoms with Crippen molar-refractivity contribution in [2.45, 2.75) is 6.42 Å². The summed E-state index contributed by atoms with van der Waals surface area (Å²) in [5.41, 5.74) is 2.09. The van der Waals surface area contributed by atoms with Gasteiger partial charge < -0.3 is 14.5 Å². The van der Waals surface area contributed by atoms with Gasteiger partial charge in [-0.3, -0.25) is 9.59 Å². The molecule has 2 rings (SSSR count). The van der Waals surface area contributed by atoms with Gasteiger partial charge in [-0.15, -0.1) is 0 Å². The SMILES string of the molecule is COC(=O)C(Cc1c[nH]c2ccc(C#N)cc12)C(=O)OC. The number of benzene rings is 1. The average molecular weight is 286 g/mol. The highest BCUT2D eigenvalue weighted by Crippen LogP contribution is 2.23. The topological polar surface area (TPSA) is 92.2 Å². The Hall–Kier alpha value is -2.81. The van der Waals surface area contributed by atoms with Gasteiger partial charge >= 0.3 is 11.9 Å². The van der Waals surface area contributed by atoms with Crippen molar-refractivity contribution in [3.05, 3.63) is 35.5 Å². The van der Waals surface area contributed by atoms with Gasteiger partial charge in [0.05, 0.1) is 25.9 Å². The van der Waals surface area contributed by atoms with E-state index in [9.17, 15) is 9.59 Å². The summed E-state index contributed by atoms with van der Waals surface area (Å²) in [6.07, 6.45) is 1.86. The Morgan fingerprint density at radius 1 is 1.29 bits per heavy atom. The van der Waals surface area contributed by atoms with Gasteiger partial charge in [-0.05, 0) is 30.2 Å². The zero-order valence-corrected chi connectivity index (χ0v) is 11.7. The normalized spacial score (nSPS) is 10.4. The van der Waals surface area contributed by atoms with Crippen LogP contribution in [-0.4, -0.2) is 31.1 Å². The van der Waals surface area contributed by atoms with Crippen LogP contribution in [0.3, 0.4) is 0 Å². The Balaban J connectivity index is 2.39. The first-order chi connectivity index (χ1) is 10.1. The molecule has 0 atom stereocenters. The molecule has 21 heavy (non-hydrogen) atoms. The van der Waals surface area contributed by atoms with Crippen LogP contribution in [0.4, 0.5) is 0 Å². The molecule has 0 radical (unpaired) electrons. The number of ether oxygens (including phenoxy) is 2. The van der Waals surface area contributed by atoms with Crippen molar-refractivity contribution in [1.82, 2.24) is 4.98 Å². The number of H-pyrrole nitrogens is 1. The third-order valence-electron chi connectivity index (χ3n) is 3.29. The number of aromatic amines is 1. The van der Waals surface area contributed by atoms with Gasteiger partial charge in [0.2, 0.25) is 0 Å². The Labute approximate surface area is 121 Å². The van der Waals surface area contributed by atoms with E-state index >= 15 is 0 Å². The van der Waals surface area contributed by atoms with Gasteiger partial charge in [0, 0.05) is 17.1 Å². The molecule has 0 aliphatic rings. The zero-order valence-electron chi connectivity index (χ0n) is 11.7. The number of carbonyl (C=O) groups is 2. The summed E-state index contributed by atoms with van der Waals surface area (Å²) in [6.45, 7) is 0. The van der Waals surface area contributed by atoms with Gasteiger partial charge in [0.1, 0.15) is 0 Å². The van der Waals surface area contributed by atoms with Crippen molar-refractivity contribution < 1.29 is 19.1 Å². The maximum Gasteiger partial charge on any atom is 0.320 e. The number of hydrogen-bond donors (Lipinski definition) is 1. The number of fused-ring (bicyclic) bond motifs is 1. The van der Waals surface area contributed by atoms with E-state index in [1.807, 2.05) is 0 Å². The van der Waals surface area contributed by atoms with Crippen LogP contribution in [-0.2, 0) is 25.5 Å². The maximum absolute atomic E-state index is 11.7. The Kier molecular flexibility index (Phi) is 4.24. The second-order valence-electron chi connectivity index (χ2n) is 4.49. The first-order valence-corrected chi connectivity index (χ1v) is 6.26. The molecular weight excluding hydrogens is 272 g/mol. The number of nitriles is 1. The van der Waals surface area contributed by atoms with Crippen LogP contribution >= 0.6 is 0 Å². The predicted molar refractivity (Wildman–Crippen MR) is 74.2 cm³/mol. The lowest BCUT2D eigenvalue weighted by atomic mass is 9.98. The van der Waals surface area contributed by atoms with Gasteiger partial charge in [-0.1, -0.05) is 0 Å². The Morgan fingerprint density at radius 3 is 2.52 bits per heavy atom. The lowest BCUT2D eigenvalue weighted by Crippen LogP contribution is -2.28. The summed E-state index contributed by atoms with van der Waals surface area (Å²) in [7, 11) is 2.45. The fourth-order valence-electron chi connectivity index (χ4n) is 2.18. The second-order valence-corrected chi connectivity index (χ2v) is 4.49. The molecule has 0 spiro atoms. The molecule has 1 aromatic heterocycles. The third kappa shape index (κ3) is 2.87. The number of aromatic nitrogens is 1. The minimum atomic E-state index is -1.02. The molecule has 6 nitrogen and oxygen atoms in total. The van der Waals surface area contributed by atoms with Crippen LogP contribution in [0.2, 0.25) is 0 Å². The lowest BCUT2D eigenvalue weighted by molar-refractivity contribution is -0.158. The van der Waals surface area contributed by atoms with Gasteiger partial charge in [-0.2, -0.15) is 5.26 Å². The molecular formula is C15H14N2O4. The van der Waals surface area contributed by atoms with Crippen molar-refractivity contribution in [1.29, 1.82) is 5.26 Å². The highest BCUT2D eigenvalue weighted by atomic mass is 16.5. The van der Waals surface area contributed by atoms with Crippen molar-refractivity contribution >= 4 is 22.8 Å². The summed E-state index contributed by atoms with van der Waals surface area (Å²) in [4.78, 5) is 26.5. The molecule has 108 valence electrons. The van der Waals surface area contributed by atoms with E-state index in [0.29, 0.717) is 5.56 Å². The second kappa shape index (κ2) is 6.09. The Morgan fingerprint density at radius 2 is 1.95 bits per heavy atom. The fourth-order valence-corrected chi connectivity index (χ4v) is 2.18. The van der Waals surface area contributed by atoms with Gasteiger partial charge in [-0.25, -0.2) is 0 Å². The largest absolute Gasteiger partial charge is 0.468 e. The number of hydrogen-bond acceptors (Lipinski definition) is 5. The van der Waals surface area contributed by atoms with E-state index in [1.165, 1.54) is 14.2 Å². The smallest absolute Gasteiger partial charge is 0.320 e. The van der Waals surface area contributed by atoms with E-state index < -0.39 is 17.9 Å². The number of rotatable bonds is 4.